The van der Waals surface area contributed by atoms with Gasteiger partial charge in [0.1, 0.15) is 11.5 Å². The Bertz CT molecular complexity index is 967. The molecule has 8 heteroatoms. The summed E-state index contributed by atoms with van der Waals surface area (Å²) in [6.45, 7) is 5.05. The van der Waals surface area contributed by atoms with E-state index in [2.05, 4.69) is 25.8 Å². The molecule has 0 amide bonds. The van der Waals surface area contributed by atoms with E-state index >= 15 is 0 Å². The minimum atomic E-state index is -0.439. The van der Waals surface area contributed by atoms with E-state index in [0.717, 1.165) is 35.4 Å². The van der Waals surface area contributed by atoms with E-state index in [4.69, 9.17) is 9.26 Å². The number of halogens is 1. The molecule has 0 fully saturated rings. The number of hydrogen-bond donors (Lipinski definition) is 2. The van der Waals surface area contributed by atoms with Gasteiger partial charge in [-0.3, -0.25) is 9.98 Å². The fourth-order valence-electron chi connectivity index (χ4n) is 2.99. The van der Waals surface area contributed by atoms with Gasteiger partial charge in [-0.25, -0.2) is 4.39 Å². The van der Waals surface area contributed by atoms with Crippen LogP contribution in [-0.4, -0.2) is 23.1 Å². The van der Waals surface area contributed by atoms with Crippen molar-refractivity contribution in [1.82, 2.24) is 20.8 Å². The van der Waals surface area contributed by atoms with Crippen molar-refractivity contribution in [2.45, 2.75) is 39.8 Å². The largest absolute Gasteiger partial charge is 0.453 e. The number of nitrogens with zero attached hydrogens (tertiary/aromatic N) is 3. The SMILES string of the molecule is CCc1noc(CC)c1CNC(=NC)NCc1ccc(Oc2cccnc2)c(F)c1. The molecule has 2 heterocycles. The quantitative estimate of drug-likeness (QED) is 0.431. The zero-order valence-electron chi connectivity index (χ0n) is 17.4. The molecule has 0 unspecified atom stereocenters. The van der Waals surface area contributed by atoms with Crippen molar-refractivity contribution in [1.29, 1.82) is 0 Å². The van der Waals surface area contributed by atoms with E-state index in [-0.39, 0.29) is 5.75 Å². The Balaban J connectivity index is 1.57. The van der Waals surface area contributed by atoms with Crippen LogP contribution in [0.1, 0.15) is 36.4 Å². The van der Waals surface area contributed by atoms with Crippen LogP contribution in [0.4, 0.5) is 4.39 Å². The van der Waals surface area contributed by atoms with E-state index in [1.54, 1.807) is 37.5 Å². The molecule has 0 aliphatic heterocycles. The van der Waals surface area contributed by atoms with E-state index < -0.39 is 5.82 Å². The number of nitrogens with one attached hydrogen (secondary N) is 2. The van der Waals surface area contributed by atoms with Crippen molar-refractivity contribution in [3.8, 4) is 11.5 Å². The predicted octanol–water partition coefficient (Wildman–Crippen LogP) is 3.99. The van der Waals surface area contributed by atoms with Crippen LogP contribution in [0.5, 0.6) is 11.5 Å². The van der Waals surface area contributed by atoms with Gasteiger partial charge in [0.2, 0.25) is 0 Å². The minimum absolute atomic E-state index is 0.154. The van der Waals surface area contributed by atoms with Gasteiger partial charge in [-0.2, -0.15) is 0 Å². The highest BCUT2D eigenvalue weighted by Gasteiger charge is 2.14. The Labute approximate surface area is 175 Å². The zero-order valence-corrected chi connectivity index (χ0v) is 17.4. The smallest absolute Gasteiger partial charge is 0.191 e. The highest BCUT2D eigenvalue weighted by Crippen LogP contribution is 2.24. The number of hydrogen-bond acceptors (Lipinski definition) is 5. The summed E-state index contributed by atoms with van der Waals surface area (Å²) in [4.78, 5) is 8.18. The van der Waals surface area contributed by atoms with Gasteiger partial charge in [-0.05, 0) is 36.2 Å². The first-order valence-corrected chi connectivity index (χ1v) is 9.91. The molecule has 0 bridgehead atoms. The second-order valence-corrected chi connectivity index (χ2v) is 6.57. The molecule has 0 atom stereocenters. The average molecular weight is 411 g/mol. The summed E-state index contributed by atoms with van der Waals surface area (Å²) in [5.74, 6) is 1.68. The highest BCUT2D eigenvalue weighted by molar-refractivity contribution is 5.79. The normalized spacial score (nSPS) is 11.4. The van der Waals surface area contributed by atoms with Crippen molar-refractivity contribution in [3.63, 3.8) is 0 Å². The van der Waals surface area contributed by atoms with Gasteiger partial charge in [-0.15, -0.1) is 0 Å². The van der Waals surface area contributed by atoms with Crippen molar-refractivity contribution in [2.75, 3.05) is 7.05 Å². The van der Waals surface area contributed by atoms with Crippen molar-refractivity contribution < 1.29 is 13.7 Å². The molecule has 0 aliphatic carbocycles. The van der Waals surface area contributed by atoms with E-state index in [1.807, 2.05) is 13.8 Å². The van der Waals surface area contributed by atoms with Crippen LogP contribution >= 0.6 is 0 Å². The van der Waals surface area contributed by atoms with Gasteiger partial charge in [0.25, 0.3) is 0 Å². The topological polar surface area (TPSA) is 84.6 Å². The average Bonchev–Trinajstić information content (AvgIpc) is 3.18. The number of rotatable bonds is 8. The van der Waals surface area contributed by atoms with Gasteiger partial charge in [0, 0.05) is 38.3 Å². The molecule has 0 spiro atoms. The third-order valence-corrected chi connectivity index (χ3v) is 4.58. The number of aliphatic imine (C=N–C) groups is 1. The van der Waals surface area contributed by atoms with Crippen LogP contribution in [0.25, 0.3) is 0 Å². The summed E-state index contributed by atoms with van der Waals surface area (Å²) >= 11 is 0. The number of aryl methyl sites for hydroxylation is 2. The lowest BCUT2D eigenvalue weighted by atomic mass is 10.1. The highest BCUT2D eigenvalue weighted by atomic mass is 19.1. The van der Waals surface area contributed by atoms with Crippen molar-refractivity contribution >= 4 is 5.96 Å². The molecule has 0 saturated carbocycles. The fraction of sp³-hybridized carbons (Fsp3) is 0.318. The maximum Gasteiger partial charge on any atom is 0.191 e. The Morgan fingerprint density at radius 1 is 1.17 bits per heavy atom. The summed E-state index contributed by atoms with van der Waals surface area (Å²) in [6, 6.07) is 8.31. The molecular weight excluding hydrogens is 385 g/mol. The van der Waals surface area contributed by atoms with Crippen molar-refractivity contribution in [3.05, 3.63) is 71.1 Å². The maximum absolute atomic E-state index is 14.4. The minimum Gasteiger partial charge on any atom is -0.453 e. The Morgan fingerprint density at radius 3 is 2.67 bits per heavy atom. The number of guanidine groups is 1. The summed E-state index contributed by atoms with van der Waals surface area (Å²) in [6.07, 6.45) is 4.75. The third-order valence-electron chi connectivity index (χ3n) is 4.58. The van der Waals surface area contributed by atoms with Crippen molar-refractivity contribution in [2.24, 2.45) is 4.99 Å². The van der Waals surface area contributed by atoms with Gasteiger partial charge in [-0.1, -0.05) is 25.1 Å². The molecule has 0 aliphatic rings. The van der Waals surface area contributed by atoms with E-state index in [1.165, 1.54) is 12.3 Å². The Hall–Kier alpha value is -3.42. The molecule has 0 saturated heterocycles. The Morgan fingerprint density at radius 2 is 2.00 bits per heavy atom. The van der Waals surface area contributed by atoms with E-state index in [0.29, 0.717) is 24.8 Å². The van der Waals surface area contributed by atoms with Gasteiger partial charge in [0.15, 0.2) is 17.5 Å². The second kappa shape index (κ2) is 10.4. The lowest BCUT2D eigenvalue weighted by Gasteiger charge is -2.13. The number of ether oxygens (including phenoxy) is 1. The number of benzene rings is 1. The zero-order chi connectivity index (χ0) is 21.3. The maximum atomic E-state index is 14.4. The van der Waals surface area contributed by atoms with Crippen LogP contribution in [0.15, 0.2) is 52.2 Å². The van der Waals surface area contributed by atoms with Crippen LogP contribution in [0.2, 0.25) is 0 Å². The molecule has 158 valence electrons. The first kappa shape index (κ1) is 21.3. The lowest BCUT2D eigenvalue weighted by molar-refractivity contribution is 0.380. The van der Waals surface area contributed by atoms with Gasteiger partial charge >= 0.3 is 0 Å². The molecule has 7 nitrogen and oxygen atoms in total. The first-order chi connectivity index (χ1) is 14.6. The lowest BCUT2D eigenvalue weighted by Crippen LogP contribution is -2.36. The Kier molecular flexibility index (Phi) is 7.37. The molecule has 0 radical (unpaired) electrons. The summed E-state index contributed by atoms with van der Waals surface area (Å²) < 4.78 is 25.3. The number of pyridine rings is 1. The molecule has 30 heavy (non-hydrogen) atoms. The fourth-order valence-corrected chi connectivity index (χ4v) is 2.99. The van der Waals surface area contributed by atoms with Gasteiger partial charge < -0.3 is 19.9 Å². The van der Waals surface area contributed by atoms with Gasteiger partial charge in [0.05, 0.1) is 11.9 Å². The van der Waals surface area contributed by atoms with Crippen LogP contribution < -0.4 is 15.4 Å². The molecule has 3 rings (SSSR count). The first-order valence-electron chi connectivity index (χ1n) is 9.91. The van der Waals surface area contributed by atoms with Crippen LogP contribution in [0.3, 0.4) is 0 Å². The molecule has 2 N–H and O–H groups in total. The molecule has 3 aromatic rings. The second-order valence-electron chi connectivity index (χ2n) is 6.57. The monoisotopic (exact) mass is 411 g/mol. The summed E-state index contributed by atoms with van der Waals surface area (Å²) in [7, 11) is 1.69. The predicted molar refractivity (Wildman–Crippen MR) is 113 cm³/mol. The van der Waals surface area contributed by atoms with Crippen LogP contribution in [-0.2, 0) is 25.9 Å². The van der Waals surface area contributed by atoms with Crippen LogP contribution in [0, 0.1) is 5.82 Å². The third kappa shape index (κ3) is 5.34. The summed E-state index contributed by atoms with van der Waals surface area (Å²) in [5, 5.41) is 10.6. The standard InChI is InChI=1S/C22H26FN5O2/c1-4-19-17(20(5-2)30-28-19)14-27-22(24-3)26-12-15-8-9-21(18(23)11-15)29-16-7-6-10-25-13-16/h6-11,13H,4-5,12,14H2,1-3H3,(H2,24,26,27). The molecular formula is C22H26FN5O2. The number of aromatic nitrogens is 2. The summed E-state index contributed by atoms with van der Waals surface area (Å²) in [5.41, 5.74) is 2.77. The molecule has 1 aromatic carbocycles. The van der Waals surface area contributed by atoms with E-state index in [9.17, 15) is 4.39 Å². The molecule has 2 aromatic heterocycles.